The zero-order valence-corrected chi connectivity index (χ0v) is 20.2. The highest BCUT2D eigenvalue weighted by molar-refractivity contribution is 7.89. The summed E-state index contributed by atoms with van der Waals surface area (Å²) in [6, 6.07) is 5.87. The lowest BCUT2D eigenvalue weighted by Crippen LogP contribution is -2.40. The molecule has 12 heteroatoms. The predicted molar refractivity (Wildman–Crippen MR) is 126 cm³/mol. The van der Waals surface area contributed by atoms with E-state index in [9.17, 15) is 8.42 Å². The van der Waals surface area contributed by atoms with Gasteiger partial charge in [0.05, 0.1) is 10.6 Å². The number of benzene rings is 1. The first kappa shape index (κ1) is 25.1. The third-order valence-electron chi connectivity index (χ3n) is 4.85. The molecule has 0 spiro atoms. The molecule has 0 aliphatic rings. The van der Waals surface area contributed by atoms with Crippen LogP contribution in [0.1, 0.15) is 27.7 Å². The van der Waals surface area contributed by atoms with E-state index >= 15 is 0 Å². The summed E-state index contributed by atoms with van der Waals surface area (Å²) in [6.07, 6.45) is 5.29. The van der Waals surface area contributed by atoms with Crippen LogP contribution in [0.2, 0.25) is 0 Å². The van der Waals surface area contributed by atoms with Gasteiger partial charge in [-0.05, 0) is 29.5 Å². The highest BCUT2D eigenvalue weighted by Crippen LogP contribution is 2.55. The molecule has 0 amide bonds. The molecule has 1 heterocycles. The van der Waals surface area contributed by atoms with E-state index in [0.29, 0.717) is 5.69 Å². The highest BCUT2D eigenvalue weighted by atomic mass is 32.2. The van der Waals surface area contributed by atoms with Crippen molar-refractivity contribution >= 4 is 34.8 Å². The van der Waals surface area contributed by atoms with Crippen molar-refractivity contribution in [3.05, 3.63) is 43.2 Å². The quantitative estimate of drug-likeness (QED) is 0.308. The van der Waals surface area contributed by atoms with Crippen molar-refractivity contribution in [2.75, 3.05) is 26.2 Å². The van der Waals surface area contributed by atoms with Crippen LogP contribution in [-0.2, 0) is 10.0 Å². The molecule has 0 fully saturated rings. The molecule has 2 aromatic rings. The molecule has 10 nitrogen and oxygen atoms in total. The van der Waals surface area contributed by atoms with Gasteiger partial charge < -0.3 is 4.57 Å². The lowest BCUT2D eigenvalue weighted by molar-refractivity contribution is 0.418. The molecule has 170 valence electrons. The Kier molecular flexibility index (Phi) is 8.84. The van der Waals surface area contributed by atoms with Gasteiger partial charge in [-0.25, -0.2) is 18.5 Å². The largest absolute Gasteiger partial charge is 0.304 e. The van der Waals surface area contributed by atoms with Crippen molar-refractivity contribution in [1.29, 1.82) is 0 Å². The molecule has 0 saturated carbocycles. The number of nitrogens with zero attached hydrogens (tertiary/aromatic N) is 7. The number of primary sulfonamides is 1. The van der Waals surface area contributed by atoms with E-state index in [1.54, 1.807) is 24.5 Å². The van der Waals surface area contributed by atoms with Gasteiger partial charge in [0.2, 0.25) is 10.0 Å². The molecule has 0 unspecified atom stereocenters. The maximum Gasteiger partial charge on any atom is 0.238 e. The van der Waals surface area contributed by atoms with Crippen molar-refractivity contribution in [1.82, 2.24) is 18.9 Å². The third kappa shape index (κ3) is 5.36. The van der Waals surface area contributed by atoms with Gasteiger partial charge in [-0.1, -0.05) is 34.3 Å². The van der Waals surface area contributed by atoms with E-state index in [4.69, 9.17) is 9.99 Å². The van der Waals surface area contributed by atoms with Crippen LogP contribution in [0.25, 0.3) is 6.20 Å². The number of aromatic nitrogens is 2. The standard InChI is InChI=1S/C19H31N8O2PS/c1-6-25-16-15-21-19(25)30(26(7-2)8-3,27(9-4)10-5)24-23-22-17-11-13-18(14-12-17)31(20,28)29/h6,11-16H,1,7-10H2,2-5H3,(H2,20,28,29). The van der Waals surface area contributed by atoms with E-state index < -0.39 is 17.4 Å². The number of hydrogen-bond acceptors (Lipinski definition) is 4. The number of sulfonamides is 1. The summed E-state index contributed by atoms with van der Waals surface area (Å²) in [7, 11) is -6.31. The van der Waals surface area contributed by atoms with Gasteiger partial charge in [-0.15, -0.1) is 9.97 Å². The SMILES string of the molecule is C=Cn1ccnc1P(=NN=Nc1ccc(S(N)(=O)=O)cc1)(N(CC)CC)N(CC)CC. The molecule has 1 aromatic heterocycles. The summed E-state index contributed by atoms with van der Waals surface area (Å²) in [5.74, 6) is 0. The van der Waals surface area contributed by atoms with Crippen molar-refractivity contribution in [2.45, 2.75) is 32.6 Å². The smallest absolute Gasteiger partial charge is 0.238 e. The van der Waals surface area contributed by atoms with Crippen LogP contribution >= 0.6 is 7.36 Å². The summed E-state index contributed by atoms with van der Waals surface area (Å²) in [5.41, 5.74) is 1.25. The molecule has 0 aliphatic heterocycles. The van der Waals surface area contributed by atoms with Crippen molar-refractivity contribution in [3.8, 4) is 0 Å². The minimum Gasteiger partial charge on any atom is -0.304 e. The fourth-order valence-electron chi connectivity index (χ4n) is 3.33. The number of imidazole rings is 1. The average Bonchev–Trinajstić information content (AvgIpc) is 3.24. The second-order valence-electron chi connectivity index (χ2n) is 6.48. The van der Waals surface area contributed by atoms with Gasteiger partial charge in [-0.2, -0.15) is 0 Å². The Morgan fingerprint density at radius 3 is 2.10 bits per heavy atom. The van der Waals surface area contributed by atoms with Crippen molar-refractivity contribution in [3.63, 3.8) is 0 Å². The molecule has 2 N–H and O–H groups in total. The maximum absolute atomic E-state index is 11.4. The molecule has 0 bridgehead atoms. The van der Waals surface area contributed by atoms with Gasteiger partial charge in [0.25, 0.3) is 0 Å². The van der Waals surface area contributed by atoms with Gasteiger partial charge in [0.1, 0.15) is 0 Å². The van der Waals surface area contributed by atoms with E-state index in [1.807, 2.05) is 10.8 Å². The summed E-state index contributed by atoms with van der Waals surface area (Å²) in [6.45, 7) is 15.3. The summed E-state index contributed by atoms with van der Waals surface area (Å²) >= 11 is 0. The first-order valence-electron chi connectivity index (χ1n) is 10.1. The molecular formula is C19H31N8O2PS. The van der Waals surface area contributed by atoms with E-state index in [-0.39, 0.29) is 4.90 Å². The Labute approximate surface area is 184 Å². The van der Waals surface area contributed by atoms with Crippen LogP contribution in [0.4, 0.5) is 5.69 Å². The van der Waals surface area contributed by atoms with Crippen LogP contribution in [0.3, 0.4) is 0 Å². The zero-order chi connectivity index (χ0) is 23.1. The van der Waals surface area contributed by atoms with Gasteiger partial charge in [-0.3, -0.25) is 9.34 Å². The minimum absolute atomic E-state index is 0.0181. The second-order valence-corrected chi connectivity index (χ2v) is 10.9. The number of rotatable bonds is 11. The lowest BCUT2D eigenvalue weighted by atomic mass is 10.3. The van der Waals surface area contributed by atoms with Gasteiger partial charge in [0.15, 0.2) is 12.9 Å². The monoisotopic (exact) mass is 466 g/mol. The van der Waals surface area contributed by atoms with Crippen LogP contribution in [0.15, 0.2) is 63.3 Å². The summed E-state index contributed by atoms with van der Waals surface area (Å²) in [5, 5.41) is 13.6. The Hall–Kier alpha value is -2.17. The van der Waals surface area contributed by atoms with Gasteiger partial charge in [0, 0.05) is 44.8 Å². The Bertz CT molecular complexity index is 1040. The van der Waals surface area contributed by atoms with Crippen LogP contribution in [0.5, 0.6) is 0 Å². The molecule has 0 aliphatic carbocycles. The topological polar surface area (TPSA) is 122 Å². The molecule has 0 atom stereocenters. The summed E-state index contributed by atoms with van der Waals surface area (Å²) in [4.78, 5) is 9.46. The molecular weight excluding hydrogens is 435 g/mol. The Morgan fingerprint density at radius 1 is 1.10 bits per heavy atom. The van der Waals surface area contributed by atoms with Crippen molar-refractivity contribution < 1.29 is 8.42 Å². The fourth-order valence-corrected chi connectivity index (χ4v) is 7.43. The highest BCUT2D eigenvalue weighted by Gasteiger charge is 2.38. The molecule has 31 heavy (non-hydrogen) atoms. The normalized spacial score (nSPS) is 12.7. The lowest BCUT2D eigenvalue weighted by Gasteiger charge is -2.40. The van der Waals surface area contributed by atoms with Crippen LogP contribution < -0.4 is 10.7 Å². The second kappa shape index (κ2) is 10.9. The van der Waals surface area contributed by atoms with E-state index in [0.717, 1.165) is 31.7 Å². The number of nitrogens with two attached hydrogens (primary N) is 1. The number of hydrogen-bond donors (Lipinski definition) is 1. The minimum atomic E-state index is -3.76. The molecule has 0 radical (unpaired) electrons. The van der Waals surface area contributed by atoms with Crippen LogP contribution in [-0.4, -0.2) is 53.5 Å². The average molecular weight is 467 g/mol. The first-order chi connectivity index (χ1) is 14.8. The molecule has 2 rings (SSSR count). The van der Waals surface area contributed by atoms with Gasteiger partial charge >= 0.3 is 0 Å². The Balaban J connectivity index is 2.66. The molecule has 1 aromatic carbocycles. The molecule has 0 saturated heterocycles. The van der Waals surface area contributed by atoms with Crippen molar-refractivity contribution in [2.24, 2.45) is 20.3 Å². The van der Waals surface area contributed by atoms with E-state index in [1.165, 1.54) is 12.1 Å². The van der Waals surface area contributed by atoms with E-state index in [2.05, 4.69) is 58.9 Å². The third-order valence-corrected chi connectivity index (χ3v) is 9.70. The zero-order valence-electron chi connectivity index (χ0n) is 18.5. The first-order valence-corrected chi connectivity index (χ1v) is 13.3. The fraction of sp³-hybridized carbons (Fsp3) is 0.421. The van der Waals surface area contributed by atoms with Crippen LogP contribution in [0, 0.1) is 0 Å². The summed E-state index contributed by atoms with van der Waals surface area (Å²) < 4.78 is 29.3. The predicted octanol–water partition coefficient (Wildman–Crippen LogP) is 3.67. The Morgan fingerprint density at radius 2 is 1.65 bits per heavy atom. The maximum atomic E-state index is 11.4.